The van der Waals surface area contributed by atoms with Crippen LogP contribution in [0, 0.1) is 0 Å². The minimum atomic E-state index is -1.19. The lowest BCUT2D eigenvalue weighted by molar-refractivity contribution is 0.195. The van der Waals surface area contributed by atoms with E-state index >= 15 is 0 Å². The normalized spacial score (nSPS) is 11.7. The Kier molecular flexibility index (Phi) is 5.96. The lowest BCUT2D eigenvalue weighted by Gasteiger charge is -2.08. The second-order valence-electron chi connectivity index (χ2n) is 5.17. The Bertz CT molecular complexity index is 697. The summed E-state index contributed by atoms with van der Waals surface area (Å²) in [5.74, 6) is 0.717. The standard InChI is InChI=1S/C16H20FN3O3/c1-2-3-4-15-20-13-6-5-12(7-14(13)23-15)18-9-11(8-17)10-19-16(21)22/h5-8,18-19H,2-4,9-10H2,1H3,(H,21,22)/b11-8+. The van der Waals surface area contributed by atoms with E-state index in [0.29, 0.717) is 23.4 Å². The molecule has 0 atom stereocenters. The summed E-state index contributed by atoms with van der Waals surface area (Å²) in [4.78, 5) is 14.8. The Morgan fingerprint density at radius 1 is 1.43 bits per heavy atom. The molecule has 0 unspecified atom stereocenters. The highest BCUT2D eigenvalue weighted by Gasteiger charge is 2.07. The summed E-state index contributed by atoms with van der Waals surface area (Å²) < 4.78 is 18.4. The SMILES string of the molecule is CCCCc1nc2ccc(NC/C(=C\F)CNC(=O)O)cc2o1. The average Bonchev–Trinajstić information content (AvgIpc) is 2.94. The van der Waals surface area contributed by atoms with Crippen LogP contribution in [-0.2, 0) is 6.42 Å². The first kappa shape index (κ1) is 16.8. The number of amides is 1. The Labute approximate surface area is 133 Å². The quantitative estimate of drug-likeness (QED) is 0.690. The van der Waals surface area contributed by atoms with Crippen LogP contribution in [0.4, 0.5) is 14.9 Å². The number of unbranched alkanes of at least 4 members (excludes halogenated alkanes) is 1. The molecule has 0 aliphatic heterocycles. The minimum Gasteiger partial charge on any atom is -0.465 e. The first-order valence-corrected chi connectivity index (χ1v) is 7.50. The van der Waals surface area contributed by atoms with E-state index in [1.54, 1.807) is 6.07 Å². The molecule has 124 valence electrons. The van der Waals surface area contributed by atoms with Crippen LogP contribution in [-0.4, -0.2) is 29.3 Å². The molecule has 0 aliphatic rings. The van der Waals surface area contributed by atoms with Gasteiger partial charge in [-0.05, 0) is 24.1 Å². The second kappa shape index (κ2) is 8.17. The number of benzene rings is 1. The number of nitrogens with zero attached hydrogens (tertiary/aromatic N) is 1. The van der Waals surface area contributed by atoms with Crippen LogP contribution in [0.3, 0.4) is 0 Å². The van der Waals surface area contributed by atoms with Crippen molar-refractivity contribution in [1.29, 1.82) is 0 Å². The number of hydrogen-bond acceptors (Lipinski definition) is 4. The van der Waals surface area contributed by atoms with Gasteiger partial charge in [0.15, 0.2) is 11.5 Å². The summed E-state index contributed by atoms with van der Waals surface area (Å²) in [6, 6.07) is 5.47. The van der Waals surface area contributed by atoms with Gasteiger partial charge in [0.2, 0.25) is 0 Å². The van der Waals surface area contributed by atoms with Gasteiger partial charge in [0.25, 0.3) is 0 Å². The fourth-order valence-electron chi connectivity index (χ4n) is 2.06. The second-order valence-corrected chi connectivity index (χ2v) is 5.17. The van der Waals surface area contributed by atoms with Gasteiger partial charge in [0.1, 0.15) is 5.52 Å². The molecule has 2 aromatic rings. The van der Waals surface area contributed by atoms with E-state index in [2.05, 4.69) is 22.5 Å². The van der Waals surface area contributed by atoms with E-state index in [1.165, 1.54) is 0 Å². The van der Waals surface area contributed by atoms with Gasteiger partial charge in [0, 0.05) is 31.3 Å². The third kappa shape index (κ3) is 4.98. The number of halogens is 1. The van der Waals surface area contributed by atoms with Crippen LogP contribution in [0.1, 0.15) is 25.7 Å². The molecule has 0 bridgehead atoms. The van der Waals surface area contributed by atoms with E-state index in [-0.39, 0.29) is 13.1 Å². The highest BCUT2D eigenvalue weighted by atomic mass is 19.1. The molecule has 2 rings (SSSR count). The number of aromatic nitrogens is 1. The van der Waals surface area contributed by atoms with Gasteiger partial charge in [0.05, 0.1) is 6.33 Å². The average molecular weight is 321 g/mol. The Hall–Kier alpha value is -2.57. The van der Waals surface area contributed by atoms with Gasteiger partial charge in [-0.25, -0.2) is 14.2 Å². The summed E-state index contributed by atoms with van der Waals surface area (Å²) >= 11 is 0. The summed E-state index contributed by atoms with van der Waals surface area (Å²) in [6.45, 7) is 2.24. The van der Waals surface area contributed by atoms with Gasteiger partial charge >= 0.3 is 6.09 Å². The molecule has 0 spiro atoms. The number of aryl methyl sites for hydroxylation is 1. The zero-order valence-corrected chi connectivity index (χ0v) is 12.9. The predicted octanol–water partition coefficient (Wildman–Crippen LogP) is 3.70. The van der Waals surface area contributed by atoms with Crippen molar-refractivity contribution in [3.8, 4) is 0 Å². The third-order valence-electron chi connectivity index (χ3n) is 3.32. The number of rotatable bonds is 8. The van der Waals surface area contributed by atoms with Crippen molar-refractivity contribution in [3.63, 3.8) is 0 Å². The van der Waals surface area contributed by atoms with Crippen LogP contribution in [0.15, 0.2) is 34.5 Å². The van der Waals surface area contributed by atoms with Crippen molar-refractivity contribution in [2.24, 2.45) is 0 Å². The van der Waals surface area contributed by atoms with Crippen LogP contribution >= 0.6 is 0 Å². The summed E-state index contributed by atoms with van der Waals surface area (Å²) in [5, 5.41) is 13.7. The van der Waals surface area contributed by atoms with Crippen molar-refractivity contribution < 1.29 is 18.7 Å². The summed E-state index contributed by atoms with van der Waals surface area (Å²) in [5.41, 5.74) is 2.52. The smallest absolute Gasteiger partial charge is 0.404 e. The predicted molar refractivity (Wildman–Crippen MR) is 86.3 cm³/mol. The Balaban J connectivity index is 1.98. The molecule has 1 aromatic carbocycles. The number of oxazole rings is 1. The van der Waals surface area contributed by atoms with Gasteiger partial charge in [-0.15, -0.1) is 0 Å². The zero-order valence-electron chi connectivity index (χ0n) is 12.9. The van der Waals surface area contributed by atoms with E-state index < -0.39 is 6.09 Å². The van der Waals surface area contributed by atoms with Crippen LogP contribution in [0.5, 0.6) is 0 Å². The Morgan fingerprint density at radius 3 is 2.96 bits per heavy atom. The molecule has 1 aromatic heterocycles. The van der Waals surface area contributed by atoms with Crippen molar-refractivity contribution in [1.82, 2.24) is 10.3 Å². The summed E-state index contributed by atoms with van der Waals surface area (Å²) in [6.07, 6.45) is 2.13. The molecule has 1 amide bonds. The van der Waals surface area contributed by atoms with E-state index in [4.69, 9.17) is 9.52 Å². The van der Waals surface area contributed by atoms with Gasteiger partial charge in [-0.2, -0.15) is 0 Å². The van der Waals surface area contributed by atoms with Gasteiger partial charge < -0.3 is 20.2 Å². The number of hydrogen-bond donors (Lipinski definition) is 3. The van der Waals surface area contributed by atoms with Crippen molar-refractivity contribution in [2.75, 3.05) is 18.4 Å². The lowest BCUT2D eigenvalue weighted by Crippen LogP contribution is -2.25. The van der Waals surface area contributed by atoms with E-state index in [1.807, 2.05) is 12.1 Å². The van der Waals surface area contributed by atoms with E-state index in [0.717, 1.165) is 30.5 Å². The fraction of sp³-hybridized carbons (Fsp3) is 0.375. The molecular weight excluding hydrogens is 301 g/mol. The topological polar surface area (TPSA) is 87.4 Å². The molecule has 0 aliphatic carbocycles. The number of anilines is 1. The molecule has 0 fully saturated rings. The largest absolute Gasteiger partial charge is 0.465 e. The Morgan fingerprint density at radius 2 is 2.26 bits per heavy atom. The number of fused-ring (bicyclic) bond motifs is 1. The first-order valence-electron chi connectivity index (χ1n) is 7.50. The van der Waals surface area contributed by atoms with Crippen molar-refractivity contribution in [2.45, 2.75) is 26.2 Å². The third-order valence-corrected chi connectivity index (χ3v) is 3.32. The van der Waals surface area contributed by atoms with Crippen LogP contribution in [0.2, 0.25) is 0 Å². The summed E-state index contributed by atoms with van der Waals surface area (Å²) in [7, 11) is 0. The monoisotopic (exact) mass is 321 g/mol. The van der Waals surface area contributed by atoms with Crippen LogP contribution < -0.4 is 10.6 Å². The molecule has 7 heteroatoms. The maximum absolute atomic E-state index is 12.7. The number of carbonyl (C=O) groups is 1. The van der Waals surface area contributed by atoms with Crippen molar-refractivity contribution >= 4 is 22.9 Å². The lowest BCUT2D eigenvalue weighted by atomic mass is 10.2. The number of carboxylic acid groups (broad SMARTS) is 1. The molecule has 0 saturated carbocycles. The van der Waals surface area contributed by atoms with Crippen LogP contribution in [0.25, 0.3) is 11.1 Å². The molecule has 3 N–H and O–H groups in total. The maximum Gasteiger partial charge on any atom is 0.404 e. The molecule has 23 heavy (non-hydrogen) atoms. The minimum absolute atomic E-state index is 0.0649. The molecule has 0 radical (unpaired) electrons. The van der Waals surface area contributed by atoms with E-state index in [9.17, 15) is 9.18 Å². The number of nitrogens with one attached hydrogen (secondary N) is 2. The molecular formula is C16H20FN3O3. The fourth-order valence-corrected chi connectivity index (χ4v) is 2.06. The van der Waals surface area contributed by atoms with Crippen molar-refractivity contribution in [3.05, 3.63) is 36.0 Å². The van der Waals surface area contributed by atoms with Gasteiger partial charge in [-0.3, -0.25) is 0 Å². The zero-order chi connectivity index (χ0) is 16.7. The molecule has 1 heterocycles. The van der Waals surface area contributed by atoms with Gasteiger partial charge in [-0.1, -0.05) is 13.3 Å². The highest BCUT2D eigenvalue weighted by molar-refractivity contribution is 5.77. The molecule has 0 saturated heterocycles. The first-order chi connectivity index (χ1) is 11.1. The molecule has 6 nitrogen and oxygen atoms in total. The highest BCUT2D eigenvalue weighted by Crippen LogP contribution is 2.21. The maximum atomic E-state index is 12.7.